The molecule has 0 unspecified atom stereocenters. The smallest absolute Gasteiger partial charge is 0.296 e. The Hall–Kier alpha value is -3.23. The van der Waals surface area contributed by atoms with Crippen molar-refractivity contribution in [2.75, 3.05) is 12.4 Å². The van der Waals surface area contributed by atoms with Crippen LogP contribution in [0.2, 0.25) is 0 Å². The fourth-order valence-corrected chi connectivity index (χ4v) is 1.90. The van der Waals surface area contributed by atoms with E-state index in [1.807, 2.05) is 0 Å². The highest BCUT2D eigenvalue weighted by molar-refractivity contribution is 6.01. The lowest BCUT2D eigenvalue weighted by atomic mass is 10.1. The zero-order chi connectivity index (χ0) is 16.2. The molecule has 0 aliphatic carbocycles. The number of aromatic amines is 1. The minimum absolute atomic E-state index is 0.0293. The van der Waals surface area contributed by atoms with E-state index in [9.17, 15) is 9.18 Å². The van der Waals surface area contributed by atoms with E-state index < -0.39 is 5.91 Å². The average Bonchev–Trinajstić information content (AvgIpc) is 3.16. The minimum Gasteiger partial charge on any atom is -0.479 e. The molecule has 2 heterocycles. The van der Waals surface area contributed by atoms with Crippen LogP contribution in [0.25, 0.3) is 0 Å². The second-order valence-electron chi connectivity index (χ2n) is 4.60. The summed E-state index contributed by atoms with van der Waals surface area (Å²) in [5.74, 6) is -0.153. The monoisotopic (exact) mass is 317 g/mol. The third-order valence-corrected chi connectivity index (χ3v) is 2.94. The highest BCUT2D eigenvalue weighted by atomic mass is 19.1. The molecule has 0 aliphatic heterocycles. The molecule has 0 atom stereocenters. The molecule has 1 amide bonds. The van der Waals surface area contributed by atoms with Crippen LogP contribution in [-0.4, -0.2) is 33.4 Å². The average molecular weight is 317 g/mol. The van der Waals surface area contributed by atoms with Crippen LogP contribution in [0.15, 0.2) is 34.9 Å². The molecular weight excluding hydrogens is 305 g/mol. The summed E-state index contributed by atoms with van der Waals surface area (Å²) in [7, 11) is 1.41. The first-order valence-corrected chi connectivity index (χ1v) is 6.62. The van der Waals surface area contributed by atoms with Crippen molar-refractivity contribution in [3.63, 3.8) is 0 Å². The van der Waals surface area contributed by atoms with Crippen molar-refractivity contribution < 1.29 is 18.4 Å². The Kier molecular flexibility index (Phi) is 4.00. The van der Waals surface area contributed by atoms with Crippen molar-refractivity contribution in [1.82, 2.24) is 20.3 Å². The molecule has 8 nitrogen and oxygen atoms in total. The number of nitrogens with one attached hydrogen (secondary N) is 2. The minimum atomic E-state index is -0.558. The molecule has 0 aliphatic rings. The van der Waals surface area contributed by atoms with Crippen molar-refractivity contribution >= 4 is 11.9 Å². The van der Waals surface area contributed by atoms with Gasteiger partial charge in [0, 0.05) is 6.42 Å². The lowest BCUT2D eigenvalue weighted by molar-refractivity contribution is 0.0986. The first-order valence-electron chi connectivity index (χ1n) is 6.62. The molecule has 23 heavy (non-hydrogen) atoms. The van der Waals surface area contributed by atoms with Crippen molar-refractivity contribution in [3.05, 3.63) is 53.3 Å². The molecule has 9 heteroatoms. The molecule has 3 rings (SSSR count). The van der Waals surface area contributed by atoms with Crippen LogP contribution in [0.1, 0.15) is 21.9 Å². The maximum Gasteiger partial charge on any atom is 0.296 e. The van der Waals surface area contributed by atoms with Crippen molar-refractivity contribution in [3.8, 4) is 5.88 Å². The number of ether oxygens (including phenoxy) is 1. The van der Waals surface area contributed by atoms with Gasteiger partial charge in [0.25, 0.3) is 11.8 Å². The number of halogens is 1. The topological polar surface area (TPSA) is 106 Å². The van der Waals surface area contributed by atoms with Crippen LogP contribution in [0.3, 0.4) is 0 Å². The Labute approximate surface area is 129 Å². The van der Waals surface area contributed by atoms with Gasteiger partial charge in [-0.3, -0.25) is 15.2 Å². The Morgan fingerprint density at radius 3 is 3.04 bits per heavy atom. The van der Waals surface area contributed by atoms with Gasteiger partial charge in [-0.05, 0) is 22.9 Å². The Balaban J connectivity index is 1.66. The van der Waals surface area contributed by atoms with E-state index in [0.717, 1.165) is 5.56 Å². The van der Waals surface area contributed by atoms with Gasteiger partial charge in [-0.2, -0.15) is 4.98 Å². The van der Waals surface area contributed by atoms with Crippen LogP contribution in [0.4, 0.5) is 10.3 Å². The van der Waals surface area contributed by atoms with E-state index in [2.05, 4.69) is 25.7 Å². The molecule has 0 saturated carbocycles. The predicted molar refractivity (Wildman–Crippen MR) is 76.6 cm³/mol. The predicted octanol–water partition coefficient (Wildman–Crippen LogP) is 1.78. The number of amides is 1. The Morgan fingerprint density at radius 2 is 2.30 bits per heavy atom. The third-order valence-electron chi connectivity index (χ3n) is 2.94. The van der Waals surface area contributed by atoms with Crippen LogP contribution in [-0.2, 0) is 6.42 Å². The van der Waals surface area contributed by atoms with Gasteiger partial charge in [0.05, 0.1) is 13.2 Å². The highest BCUT2D eigenvalue weighted by Gasteiger charge is 2.15. The van der Waals surface area contributed by atoms with E-state index in [0.29, 0.717) is 12.2 Å². The molecule has 0 saturated heterocycles. The summed E-state index contributed by atoms with van der Waals surface area (Å²) < 4.78 is 22.8. The fourth-order valence-electron chi connectivity index (χ4n) is 1.90. The zero-order valence-corrected chi connectivity index (χ0v) is 12.0. The molecule has 0 spiro atoms. The summed E-state index contributed by atoms with van der Waals surface area (Å²) in [6.07, 6.45) is 0.358. The SMILES string of the molecule is COc1cc(C(=O)Nc2n[nH]c(Cc3cccc(F)c3)n2)on1. The van der Waals surface area contributed by atoms with Crippen molar-refractivity contribution in [1.29, 1.82) is 0 Å². The second kappa shape index (κ2) is 6.26. The van der Waals surface area contributed by atoms with Gasteiger partial charge in [-0.1, -0.05) is 12.1 Å². The van der Waals surface area contributed by atoms with Gasteiger partial charge in [0.15, 0.2) is 0 Å². The number of carbonyl (C=O) groups is 1. The number of H-pyrrole nitrogens is 1. The number of nitrogens with zero attached hydrogens (tertiary/aromatic N) is 3. The molecule has 0 fully saturated rings. The van der Waals surface area contributed by atoms with Crippen molar-refractivity contribution in [2.24, 2.45) is 0 Å². The number of benzene rings is 1. The zero-order valence-electron chi connectivity index (χ0n) is 12.0. The molecule has 118 valence electrons. The summed E-state index contributed by atoms with van der Waals surface area (Å²) in [5, 5.41) is 12.5. The Bertz CT molecular complexity index is 829. The van der Waals surface area contributed by atoms with Gasteiger partial charge in [0.2, 0.25) is 11.7 Å². The second-order valence-corrected chi connectivity index (χ2v) is 4.60. The summed E-state index contributed by atoms with van der Waals surface area (Å²) >= 11 is 0. The Morgan fingerprint density at radius 1 is 1.43 bits per heavy atom. The van der Waals surface area contributed by atoms with Gasteiger partial charge in [-0.25, -0.2) is 4.39 Å². The van der Waals surface area contributed by atoms with Gasteiger partial charge in [-0.15, -0.1) is 5.10 Å². The van der Waals surface area contributed by atoms with E-state index in [-0.39, 0.29) is 23.4 Å². The molecule has 2 N–H and O–H groups in total. The van der Waals surface area contributed by atoms with E-state index in [1.54, 1.807) is 12.1 Å². The van der Waals surface area contributed by atoms with Crippen molar-refractivity contribution in [2.45, 2.75) is 6.42 Å². The van der Waals surface area contributed by atoms with Gasteiger partial charge in [0.1, 0.15) is 11.6 Å². The van der Waals surface area contributed by atoms with Crippen LogP contribution in [0, 0.1) is 5.82 Å². The van der Waals surface area contributed by atoms with Crippen LogP contribution < -0.4 is 10.1 Å². The first-order chi connectivity index (χ1) is 11.1. The normalized spacial score (nSPS) is 10.5. The number of anilines is 1. The first kappa shape index (κ1) is 14.7. The quantitative estimate of drug-likeness (QED) is 0.743. The van der Waals surface area contributed by atoms with Gasteiger partial charge < -0.3 is 9.26 Å². The standard InChI is InChI=1S/C14H12FN5O3/c1-22-12-7-10(23-20-12)13(21)17-14-16-11(18-19-14)6-8-3-2-4-9(15)5-8/h2-5,7H,6H2,1H3,(H2,16,17,18,19,21). The van der Waals surface area contributed by atoms with Gasteiger partial charge >= 0.3 is 0 Å². The summed E-state index contributed by atoms with van der Waals surface area (Å²) in [5.41, 5.74) is 0.735. The molecule has 0 radical (unpaired) electrons. The lowest BCUT2D eigenvalue weighted by Gasteiger charge is -1.97. The molecule has 0 bridgehead atoms. The van der Waals surface area contributed by atoms with E-state index >= 15 is 0 Å². The number of hydrogen-bond donors (Lipinski definition) is 2. The number of methoxy groups -OCH3 is 1. The molecular formula is C14H12FN5O3. The summed E-state index contributed by atoms with van der Waals surface area (Å²) in [6, 6.07) is 7.49. The fraction of sp³-hybridized carbons (Fsp3) is 0.143. The van der Waals surface area contributed by atoms with Crippen LogP contribution in [0.5, 0.6) is 5.88 Å². The molecule has 1 aromatic carbocycles. The number of carbonyl (C=O) groups excluding carboxylic acids is 1. The number of rotatable bonds is 5. The largest absolute Gasteiger partial charge is 0.479 e. The number of hydrogen-bond acceptors (Lipinski definition) is 6. The molecule has 3 aromatic rings. The lowest BCUT2D eigenvalue weighted by Crippen LogP contribution is -2.12. The van der Waals surface area contributed by atoms with E-state index in [4.69, 9.17) is 9.26 Å². The molecule has 2 aromatic heterocycles. The summed E-state index contributed by atoms with van der Waals surface area (Å²) in [4.78, 5) is 16.0. The summed E-state index contributed by atoms with van der Waals surface area (Å²) in [6.45, 7) is 0. The maximum atomic E-state index is 13.1. The van der Waals surface area contributed by atoms with Crippen LogP contribution >= 0.6 is 0 Å². The maximum absolute atomic E-state index is 13.1. The highest BCUT2D eigenvalue weighted by Crippen LogP contribution is 2.13. The third kappa shape index (κ3) is 3.51. The number of aromatic nitrogens is 4. The van der Waals surface area contributed by atoms with E-state index in [1.165, 1.54) is 25.3 Å².